The van der Waals surface area contributed by atoms with E-state index in [0.717, 1.165) is 22.5 Å². The van der Waals surface area contributed by atoms with Gasteiger partial charge in [0, 0.05) is 36.6 Å². The number of halogens is 1. The molecule has 1 atom stereocenters. The highest BCUT2D eigenvalue weighted by Crippen LogP contribution is 2.14. The van der Waals surface area contributed by atoms with Crippen molar-refractivity contribution in [3.05, 3.63) is 65.4 Å². The summed E-state index contributed by atoms with van der Waals surface area (Å²) in [5.41, 5.74) is 3.75. The summed E-state index contributed by atoms with van der Waals surface area (Å²) in [4.78, 5) is 4.37. The summed E-state index contributed by atoms with van der Waals surface area (Å²) in [6, 6.07) is 8.65. The van der Waals surface area contributed by atoms with E-state index in [1.165, 1.54) is 6.07 Å². The molecule has 0 unspecified atom stereocenters. The van der Waals surface area contributed by atoms with E-state index in [9.17, 15) is 4.39 Å². The molecule has 5 heteroatoms. The molecule has 2 aromatic heterocycles. The van der Waals surface area contributed by atoms with Crippen LogP contribution in [0.2, 0.25) is 0 Å². The number of hydrogen-bond acceptors (Lipinski definition) is 3. The SMILES string of the molecule is Cc1cc2ncc(CN[C@@H](C)c3cccc(F)c3)cn2n1. The summed E-state index contributed by atoms with van der Waals surface area (Å²) >= 11 is 0. The van der Waals surface area contributed by atoms with Crippen LogP contribution in [0.3, 0.4) is 0 Å². The normalized spacial score (nSPS) is 12.7. The third-order valence-electron chi connectivity index (χ3n) is 3.45. The molecule has 3 rings (SSSR count). The summed E-state index contributed by atoms with van der Waals surface area (Å²) in [5.74, 6) is -0.212. The van der Waals surface area contributed by atoms with Gasteiger partial charge in [-0.05, 0) is 31.5 Å². The van der Waals surface area contributed by atoms with Crippen molar-refractivity contribution < 1.29 is 4.39 Å². The second-order valence-electron chi connectivity index (χ2n) is 5.21. The van der Waals surface area contributed by atoms with Crippen LogP contribution in [0.5, 0.6) is 0 Å². The average Bonchev–Trinajstić information content (AvgIpc) is 2.84. The Labute approximate surface area is 122 Å². The highest BCUT2D eigenvalue weighted by atomic mass is 19.1. The maximum Gasteiger partial charge on any atom is 0.155 e. The maximum absolute atomic E-state index is 13.2. The van der Waals surface area contributed by atoms with Gasteiger partial charge in [-0.25, -0.2) is 13.9 Å². The Kier molecular flexibility index (Phi) is 3.66. The van der Waals surface area contributed by atoms with Crippen molar-refractivity contribution in [3.8, 4) is 0 Å². The third-order valence-corrected chi connectivity index (χ3v) is 3.45. The second kappa shape index (κ2) is 5.61. The standard InChI is InChI=1S/C16H17FN4/c1-11-6-16-19-9-13(10-21(16)20-11)8-18-12(2)14-4-3-5-15(17)7-14/h3-7,9-10,12,18H,8H2,1-2H3/t12-/m0/s1. The van der Waals surface area contributed by atoms with Gasteiger partial charge in [-0.3, -0.25) is 0 Å². The van der Waals surface area contributed by atoms with Gasteiger partial charge in [0.05, 0.1) is 5.69 Å². The predicted molar refractivity (Wildman–Crippen MR) is 79.4 cm³/mol. The fourth-order valence-corrected chi connectivity index (χ4v) is 2.29. The zero-order chi connectivity index (χ0) is 14.8. The van der Waals surface area contributed by atoms with E-state index in [2.05, 4.69) is 15.4 Å². The van der Waals surface area contributed by atoms with E-state index in [4.69, 9.17) is 0 Å². The topological polar surface area (TPSA) is 42.2 Å². The minimum Gasteiger partial charge on any atom is -0.306 e. The van der Waals surface area contributed by atoms with Crippen molar-refractivity contribution in [2.75, 3.05) is 0 Å². The van der Waals surface area contributed by atoms with Crippen molar-refractivity contribution in [1.82, 2.24) is 19.9 Å². The number of fused-ring (bicyclic) bond motifs is 1. The van der Waals surface area contributed by atoms with Gasteiger partial charge in [0.15, 0.2) is 5.65 Å². The van der Waals surface area contributed by atoms with E-state index in [-0.39, 0.29) is 11.9 Å². The number of aryl methyl sites for hydroxylation is 1. The molecule has 0 radical (unpaired) electrons. The fraction of sp³-hybridized carbons (Fsp3) is 0.250. The summed E-state index contributed by atoms with van der Waals surface area (Å²) in [6.07, 6.45) is 3.79. The summed E-state index contributed by atoms with van der Waals surface area (Å²) in [5, 5.41) is 7.71. The molecular formula is C16H17FN4. The van der Waals surface area contributed by atoms with Gasteiger partial charge in [0.2, 0.25) is 0 Å². The molecule has 0 bridgehead atoms. The Morgan fingerprint density at radius 1 is 1.33 bits per heavy atom. The first-order valence-electron chi connectivity index (χ1n) is 6.91. The third kappa shape index (κ3) is 3.08. The lowest BCUT2D eigenvalue weighted by atomic mass is 10.1. The number of benzene rings is 1. The molecule has 1 N–H and O–H groups in total. The van der Waals surface area contributed by atoms with Crippen LogP contribution in [0.4, 0.5) is 4.39 Å². The van der Waals surface area contributed by atoms with Crippen LogP contribution in [-0.2, 0) is 6.54 Å². The van der Waals surface area contributed by atoms with Gasteiger partial charge in [0.1, 0.15) is 5.82 Å². The molecule has 3 aromatic rings. The first kappa shape index (κ1) is 13.7. The van der Waals surface area contributed by atoms with Crippen LogP contribution < -0.4 is 5.32 Å². The number of hydrogen-bond donors (Lipinski definition) is 1. The van der Waals surface area contributed by atoms with Crippen LogP contribution >= 0.6 is 0 Å². The smallest absolute Gasteiger partial charge is 0.155 e. The molecule has 0 aliphatic rings. The van der Waals surface area contributed by atoms with Crippen LogP contribution in [0, 0.1) is 12.7 Å². The zero-order valence-electron chi connectivity index (χ0n) is 12.0. The van der Waals surface area contributed by atoms with Gasteiger partial charge in [0.25, 0.3) is 0 Å². The van der Waals surface area contributed by atoms with E-state index in [1.807, 2.05) is 38.4 Å². The van der Waals surface area contributed by atoms with E-state index in [0.29, 0.717) is 6.54 Å². The van der Waals surface area contributed by atoms with Crippen molar-refractivity contribution in [1.29, 1.82) is 0 Å². The monoisotopic (exact) mass is 284 g/mol. The first-order chi connectivity index (χ1) is 10.1. The van der Waals surface area contributed by atoms with Crippen LogP contribution in [0.25, 0.3) is 5.65 Å². The largest absolute Gasteiger partial charge is 0.306 e. The van der Waals surface area contributed by atoms with Gasteiger partial charge in [-0.1, -0.05) is 12.1 Å². The number of aromatic nitrogens is 3. The van der Waals surface area contributed by atoms with Crippen LogP contribution in [0.15, 0.2) is 42.7 Å². The number of nitrogens with one attached hydrogen (secondary N) is 1. The molecule has 0 aliphatic carbocycles. The van der Waals surface area contributed by atoms with Gasteiger partial charge >= 0.3 is 0 Å². The summed E-state index contributed by atoms with van der Waals surface area (Å²) in [6.45, 7) is 4.61. The predicted octanol–water partition coefficient (Wildman–Crippen LogP) is 3.03. The molecule has 0 fully saturated rings. The second-order valence-corrected chi connectivity index (χ2v) is 5.21. The molecule has 4 nitrogen and oxygen atoms in total. The lowest BCUT2D eigenvalue weighted by Gasteiger charge is -2.14. The Bertz CT molecular complexity index is 766. The molecule has 108 valence electrons. The lowest BCUT2D eigenvalue weighted by Crippen LogP contribution is -2.18. The molecule has 0 saturated carbocycles. The average molecular weight is 284 g/mol. The summed E-state index contributed by atoms with van der Waals surface area (Å²) in [7, 11) is 0. The van der Waals surface area contributed by atoms with E-state index < -0.39 is 0 Å². The van der Waals surface area contributed by atoms with Crippen molar-refractivity contribution >= 4 is 5.65 Å². The van der Waals surface area contributed by atoms with Gasteiger partial charge in [-0.2, -0.15) is 5.10 Å². The molecule has 1 aromatic carbocycles. The van der Waals surface area contributed by atoms with Gasteiger partial charge < -0.3 is 5.32 Å². The highest BCUT2D eigenvalue weighted by molar-refractivity contribution is 5.38. The Hall–Kier alpha value is -2.27. The van der Waals surface area contributed by atoms with Gasteiger partial charge in [-0.15, -0.1) is 0 Å². The molecule has 0 amide bonds. The number of nitrogens with zero attached hydrogens (tertiary/aromatic N) is 3. The molecule has 0 saturated heterocycles. The van der Waals surface area contributed by atoms with Crippen molar-refractivity contribution in [2.45, 2.75) is 26.4 Å². The van der Waals surface area contributed by atoms with Crippen LogP contribution in [0.1, 0.15) is 29.8 Å². The molecule has 21 heavy (non-hydrogen) atoms. The first-order valence-corrected chi connectivity index (χ1v) is 6.91. The minimum absolute atomic E-state index is 0.0655. The molecule has 0 spiro atoms. The van der Waals surface area contributed by atoms with Crippen molar-refractivity contribution in [2.24, 2.45) is 0 Å². The quantitative estimate of drug-likeness (QED) is 0.800. The molecule has 0 aliphatic heterocycles. The highest BCUT2D eigenvalue weighted by Gasteiger charge is 2.07. The van der Waals surface area contributed by atoms with E-state index >= 15 is 0 Å². The Morgan fingerprint density at radius 2 is 2.19 bits per heavy atom. The maximum atomic E-state index is 13.2. The molecular weight excluding hydrogens is 267 g/mol. The lowest BCUT2D eigenvalue weighted by molar-refractivity contribution is 0.563. The Morgan fingerprint density at radius 3 is 3.00 bits per heavy atom. The van der Waals surface area contributed by atoms with E-state index in [1.54, 1.807) is 16.6 Å². The fourth-order valence-electron chi connectivity index (χ4n) is 2.29. The van der Waals surface area contributed by atoms with Crippen LogP contribution in [-0.4, -0.2) is 14.6 Å². The minimum atomic E-state index is -0.212. The Balaban J connectivity index is 1.70. The summed E-state index contributed by atoms with van der Waals surface area (Å²) < 4.78 is 15.0. The number of rotatable bonds is 4. The molecule has 2 heterocycles. The zero-order valence-corrected chi connectivity index (χ0v) is 12.0. The van der Waals surface area contributed by atoms with Crippen molar-refractivity contribution in [3.63, 3.8) is 0 Å².